The summed E-state index contributed by atoms with van der Waals surface area (Å²) in [5.41, 5.74) is 0.954. The Morgan fingerprint density at radius 2 is 1.94 bits per heavy atom. The molecule has 0 radical (unpaired) electrons. The van der Waals surface area contributed by atoms with Gasteiger partial charge in [0, 0.05) is 6.54 Å². The van der Waals surface area contributed by atoms with Crippen LogP contribution in [0, 0.1) is 13.8 Å². The Balaban J connectivity index is 2.57. The van der Waals surface area contributed by atoms with Crippen LogP contribution in [0.5, 0.6) is 0 Å². The van der Waals surface area contributed by atoms with Crippen molar-refractivity contribution in [2.75, 3.05) is 11.9 Å². The highest BCUT2D eigenvalue weighted by Crippen LogP contribution is 2.12. The molecule has 5 heteroatoms. The van der Waals surface area contributed by atoms with Gasteiger partial charge in [-0.1, -0.05) is 13.3 Å². The number of rotatable bonds is 5. The molecule has 0 aliphatic carbocycles. The first-order valence-corrected chi connectivity index (χ1v) is 5.59. The van der Waals surface area contributed by atoms with Crippen LogP contribution >= 0.6 is 0 Å². The quantitative estimate of drug-likeness (QED) is 0.792. The lowest BCUT2D eigenvalue weighted by atomic mass is 10.0. The molecule has 1 aromatic heterocycles. The predicted molar refractivity (Wildman–Crippen MR) is 63.3 cm³/mol. The van der Waals surface area contributed by atoms with Gasteiger partial charge in [0.15, 0.2) is 0 Å². The van der Waals surface area contributed by atoms with Crippen LogP contribution in [-0.4, -0.2) is 32.4 Å². The molecule has 1 aromatic rings. The number of nitrogens with one attached hydrogen (secondary N) is 1. The van der Waals surface area contributed by atoms with Crippen LogP contribution in [0.1, 0.15) is 38.1 Å². The van der Waals surface area contributed by atoms with Gasteiger partial charge in [-0.2, -0.15) is 5.10 Å². The summed E-state index contributed by atoms with van der Waals surface area (Å²) in [7, 11) is 0. The molecule has 0 aliphatic heterocycles. The van der Waals surface area contributed by atoms with Crippen molar-refractivity contribution in [3.63, 3.8) is 0 Å². The fraction of sp³-hybridized carbons (Fsp3) is 0.727. The largest absolute Gasteiger partial charge is 0.388 e. The number of hydrogen-bond acceptors (Lipinski definition) is 5. The number of hydrogen-bond donors (Lipinski definition) is 2. The van der Waals surface area contributed by atoms with Gasteiger partial charge in [0.05, 0.1) is 17.0 Å². The van der Waals surface area contributed by atoms with E-state index in [1.54, 1.807) is 6.92 Å². The lowest BCUT2D eigenvalue weighted by Crippen LogP contribution is -2.33. The van der Waals surface area contributed by atoms with Crippen molar-refractivity contribution < 1.29 is 5.11 Å². The summed E-state index contributed by atoms with van der Waals surface area (Å²) in [5.74, 6) is 0.472. The van der Waals surface area contributed by atoms with Crippen LogP contribution in [0.4, 0.5) is 5.95 Å². The summed E-state index contributed by atoms with van der Waals surface area (Å²) >= 11 is 0. The van der Waals surface area contributed by atoms with E-state index in [1.807, 2.05) is 20.8 Å². The average Bonchev–Trinajstić information content (AvgIpc) is 2.20. The zero-order chi connectivity index (χ0) is 12.2. The third kappa shape index (κ3) is 3.73. The van der Waals surface area contributed by atoms with E-state index in [4.69, 9.17) is 0 Å². The Hall–Kier alpha value is -1.23. The second kappa shape index (κ2) is 5.21. The van der Waals surface area contributed by atoms with E-state index in [2.05, 4.69) is 20.5 Å². The second-order valence-corrected chi connectivity index (χ2v) is 4.41. The zero-order valence-corrected chi connectivity index (χ0v) is 10.4. The molecule has 5 nitrogen and oxygen atoms in total. The highest BCUT2D eigenvalue weighted by molar-refractivity contribution is 5.25. The molecular formula is C11H20N4O. The van der Waals surface area contributed by atoms with Crippen LogP contribution < -0.4 is 5.32 Å². The summed E-state index contributed by atoms with van der Waals surface area (Å²) < 4.78 is 0. The summed E-state index contributed by atoms with van der Waals surface area (Å²) in [4.78, 5) is 4.24. The maximum Gasteiger partial charge on any atom is 0.243 e. The Bertz CT molecular complexity index is 352. The van der Waals surface area contributed by atoms with Crippen molar-refractivity contribution in [1.82, 2.24) is 15.2 Å². The smallest absolute Gasteiger partial charge is 0.243 e. The van der Waals surface area contributed by atoms with Gasteiger partial charge >= 0.3 is 0 Å². The number of anilines is 1. The van der Waals surface area contributed by atoms with E-state index in [0.717, 1.165) is 24.2 Å². The van der Waals surface area contributed by atoms with E-state index in [-0.39, 0.29) is 0 Å². The highest BCUT2D eigenvalue weighted by atomic mass is 16.3. The molecule has 1 heterocycles. The normalized spacial score (nSPS) is 14.6. The Morgan fingerprint density at radius 3 is 2.50 bits per heavy atom. The van der Waals surface area contributed by atoms with E-state index in [0.29, 0.717) is 12.5 Å². The topological polar surface area (TPSA) is 70.9 Å². The molecule has 1 atom stereocenters. The van der Waals surface area contributed by atoms with Crippen LogP contribution in [0.3, 0.4) is 0 Å². The van der Waals surface area contributed by atoms with Gasteiger partial charge in [-0.3, -0.25) is 0 Å². The Morgan fingerprint density at radius 1 is 1.25 bits per heavy atom. The van der Waals surface area contributed by atoms with Gasteiger partial charge in [0.2, 0.25) is 5.95 Å². The standard InChI is InChI=1S/C11H20N4O/c1-5-6-11(4,16)7-12-10-13-8(2)9(3)14-15-10/h16H,5-7H2,1-4H3,(H,12,13,15). The third-order valence-corrected chi connectivity index (χ3v) is 2.51. The second-order valence-electron chi connectivity index (χ2n) is 4.41. The summed E-state index contributed by atoms with van der Waals surface area (Å²) in [5, 5.41) is 20.9. The third-order valence-electron chi connectivity index (χ3n) is 2.51. The first-order chi connectivity index (χ1) is 7.44. The molecule has 0 spiro atoms. The lowest BCUT2D eigenvalue weighted by molar-refractivity contribution is 0.0635. The molecule has 90 valence electrons. The molecule has 0 saturated heterocycles. The van der Waals surface area contributed by atoms with Crippen molar-refractivity contribution in [3.05, 3.63) is 11.4 Å². The van der Waals surface area contributed by atoms with Crippen LogP contribution in [0.2, 0.25) is 0 Å². The number of nitrogens with zero attached hydrogens (tertiary/aromatic N) is 3. The molecule has 0 aliphatic rings. The number of aromatic nitrogens is 3. The van der Waals surface area contributed by atoms with Crippen LogP contribution in [0.15, 0.2) is 0 Å². The molecule has 0 saturated carbocycles. The predicted octanol–water partition coefficient (Wildman–Crippen LogP) is 1.45. The molecule has 0 bridgehead atoms. The number of aliphatic hydroxyl groups is 1. The summed E-state index contributed by atoms with van der Waals surface area (Å²) in [6.07, 6.45) is 1.69. The van der Waals surface area contributed by atoms with Crippen molar-refractivity contribution >= 4 is 5.95 Å². The van der Waals surface area contributed by atoms with Crippen molar-refractivity contribution in [3.8, 4) is 0 Å². The maximum absolute atomic E-state index is 9.96. The highest BCUT2D eigenvalue weighted by Gasteiger charge is 2.19. The minimum Gasteiger partial charge on any atom is -0.388 e. The fourth-order valence-corrected chi connectivity index (χ4v) is 1.43. The number of aryl methyl sites for hydroxylation is 2. The van der Waals surface area contributed by atoms with Gasteiger partial charge in [-0.15, -0.1) is 5.10 Å². The minimum absolute atomic E-state index is 0.436. The van der Waals surface area contributed by atoms with E-state index in [1.165, 1.54) is 0 Å². The molecule has 1 unspecified atom stereocenters. The van der Waals surface area contributed by atoms with Crippen molar-refractivity contribution in [2.24, 2.45) is 0 Å². The first kappa shape index (κ1) is 12.8. The first-order valence-electron chi connectivity index (χ1n) is 5.59. The van der Waals surface area contributed by atoms with E-state index in [9.17, 15) is 5.11 Å². The molecule has 0 aromatic carbocycles. The summed E-state index contributed by atoms with van der Waals surface area (Å²) in [6, 6.07) is 0. The van der Waals surface area contributed by atoms with Crippen LogP contribution in [0.25, 0.3) is 0 Å². The van der Waals surface area contributed by atoms with E-state index >= 15 is 0 Å². The van der Waals surface area contributed by atoms with Crippen LogP contribution in [-0.2, 0) is 0 Å². The zero-order valence-electron chi connectivity index (χ0n) is 10.4. The Kier molecular flexibility index (Phi) is 4.18. The van der Waals surface area contributed by atoms with Gasteiger partial charge in [-0.25, -0.2) is 4.98 Å². The minimum atomic E-state index is -0.725. The maximum atomic E-state index is 9.96. The molecular weight excluding hydrogens is 204 g/mol. The van der Waals surface area contributed by atoms with E-state index < -0.39 is 5.60 Å². The Labute approximate surface area is 96.3 Å². The van der Waals surface area contributed by atoms with Crippen molar-refractivity contribution in [2.45, 2.75) is 46.1 Å². The monoisotopic (exact) mass is 224 g/mol. The lowest BCUT2D eigenvalue weighted by Gasteiger charge is -2.22. The van der Waals surface area contributed by atoms with Gasteiger partial charge < -0.3 is 10.4 Å². The fourth-order valence-electron chi connectivity index (χ4n) is 1.43. The van der Waals surface area contributed by atoms with Crippen molar-refractivity contribution in [1.29, 1.82) is 0 Å². The summed E-state index contributed by atoms with van der Waals surface area (Å²) in [6.45, 7) is 8.04. The molecule has 2 N–H and O–H groups in total. The molecule has 16 heavy (non-hydrogen) atoms. The van der Waals surface area contributed by atoms with Gasteiger partial charge in [-0.05, 0) is 27.2 Å². The average molecular weight is 224 g/mol. The van der Waals surface area contributed by atoms with Gasteiger partial charge in [0.25, 0.3) is 0 Å². The SMILES string of the molecule is CCCC(C)(O)CNc1nnc(C)c(C)n1. The molecule has 0 fully saturated rings. The molecule has 0 amide bonds. The molecule has 1 rings (SSSR count). The van der Waals surface area contributed by atoms with Gasteiger partial charge in [0.1, 0.15) is 0 Å².